The van der Waals surface area contributed by atoms with Gasteiger partial charge in [-0.1, -0.05) is 41.6 Å². The van der Waals surface area contributed by atoms with E-state index in [1.807, 2.05) is 65.9 Å². The number of benzene rings is 2. The van der Waals surface area contributed by atoms with Gasteiger partial charge < -0.3 is 9.47 Å². The molecule has 0 N–H and O–H groups in total. The third-order valence-electron chi connectivity index (χ3n) is 4.31. The van der Waals surface area contributed by atoms with Crippen LogP contribution in [0.25, 0.3) is 16.6 Å². The summed E-state index contributed by atoms with van der Waals surface area (Å²) in [7, 11) is 0. The number of carbonyl (C=O) groups is 1. The molecule has 0 aliphatic heterocycles. The minimum Gasteiger partial charge on any atom is -0.490 e. The SMILES string of the molecule is Cc1cc2nnc(SCC(=O)OCCOc3ccccc3)n2c2ccc(Cl)cc12. The van der Waals surface area contributed by atoms with Crippen molar-refractivity contribution in [3.8, 4) is 5.75 Å². The lowest BCUT2D eigenvalue weighted by Crippen LogP contribution is -2.14. The third-order valence-corrected chi connectivity index (χ3v) is 5.44. The molecule has 0 atom stereocenters. The number of halogens is 1. The summed E-state index contributed by atoms with van der Waals surface area (Å²) in [6.07, 6.45) is 0. The largest absolute Gasteiger partial charge is 0.490 e. The molecule has 0 fully saturated rings. The summed E-state index contributed by atoms with van der Waals surface area (Å²) >= 11 is 7.43. The number of fused-ring (bicyclic) bond motifs is 3. The van der Waals surface area contributed by atoms with Gasteiger partial charge in [-0.25, -0.2) is 0 Å². The summed E-state index contributed by atoms with van der Waals surface area (Å²) in [6, 6.07) is 17.0. The van der Waals surface area contributed by atoms with E-state index in [0.29, 0.717) is 16.8 Å². The van der Waals surface area contributed by atoms with Crippen molar-refractivity contribution in [1.82, 2.24) is 14.6 Å². The maximum atomic E-state index is 12.1. The standard InChI is InChI=1S/C21H18ClN3O3S/c1-14-11-19-23-24-21(25(19)18-8-7-15(22)12-17(14)18)29-13-20(26)28-10-9-27-16-5-3-2-4-6-16/h2-8,11-12H,9-10,13H2,1H3. The quantitative estimate of drug-likeness (QED) is 0.245. The molecule has 0 spiro atoms. The van der Waals surface area contributed by atoms with E-state index in [1.54, 1.807) is 0 Å². The number of aromatic nitrogens is 3. The first-order valence-electron chi connectivity index (χ1n) is 9.02. The molecule has 0 saturated carbocycles. The Hall–Kier alpha value is -2.77. The number of hydrogen-bond donors (Lipinski definition) is 0. The van der Waals surface area contributed by atoms with E-state index in [-0.39, 0.29) is 18.3 Å². The molecule has 6 nitrogen and oxygen atoms in total. The Morgan fingerprint density at radius 1 is 1.10 bits per heavy atom. The van der Waals surface area contributed by atoms with Crippen LogP contribution in [0.4, 0.5) is 0 Å². The maximum absolute atomic E-state index is 12.1. The molecular formula is C21H18ClN3O3S. The minimum absolute atomic E-state index is 0.134. The number of esters is 1. The molecule has 148 valence electrons. The first kappa shape index (κ1) is 19.5. The molecule has 0 bridgehead atoms. The second kappa shape index (κ2) is 8.71. The second-order valence-corrected chi connectivity index (χ2v) is 7.71. The number of thioether (sulfide) groups is 1. The van der Waals surface area contributed by atoms with Crippen LogP contribution in [0, 0.1) is 6.92 Å². The number of pyridine rings is 1. The van der Waals surface area contributed by atoms with Gasteiger partial charge in [0.15, 0.2) is 10.8 Å². The average molecular weight is 428 g/mol. The van der Waals surface area contributed by atoms with Gasteiger partial charge in [0, 0.05) is 10.4 Å². The van der Waals surface area contributed by atoms with Crippen LogP contribution in [-0.4, -0.2) is 39.5 Å². The van der Waals surface area contributed by atoms with Crippen molar-refractivity contribution < 1.29 is 14.3 Å². The van der Waals surface area contributed by atoms with Crippen molar-refractivity contribution in [3.63, 3.8) is 0 Å². The molecule has 0 unspecified atom stereocenters. The lowest BCUT2D eigenvalue weighted by atomic mass is 10.1. The number of aryl methyl sites for hydroxylation is 1. The smallest absolute Gasteiger partial charge is 0.316 e. The highest BCUT2D eigenvalue weighted by molar-refractivity contribution is 7.99. The fourth-order valence-electron chi connectivity index (χ4n) is 2.98. The summed E-state index contributed by atoms with van der Waals surface area (Å²) in [4.78, 5) is 12.1. The summed E-state index contributed by atoms with van der Waals surface area (Å²) in [5.74, 6) is 0.549. The molecule has 0 amide bonds. The fraction of sp³-hybridized carbons (Fsp3) is 0.190. The molecule has 2 aromatic carbocycles. The highest BCUT2D eigenvalue weighted by Gasteiger charge is 2.14. The number of rotatable bonds is 7. The molecule has 2 aromatic heterocycles. The van der Waals surface area contributed by atoms with Crippen LogP contribution in [0.15, 0.2) is 59.8 Å². The van der Waals surface area contributed by atoms with Gasteiger partial charge >= 0.3 is 5.97 Å². The number of para-hydroxylation sites is 1. The first-order chi connectivity index (χ1) is 14.1. The first-order valence-corrected chi connectivity index (χ1v) is 10.4. The third kappa shape index (κ3) is 4.46. The van der Waals surface area contributed by atoms with E-state index in [4.69, 9.17) is 21.1 Å². The molecule has 0 radical (unpaired) electrons. The zero-order valence-corrected chi connectivity index (χ0v) is 17.2. The Morgan fingerprint density at radius 3 is 2.76 bits per heavy atom. The Balaban J connectivity index is 1.39. The molecule has 2 heterocycles. The van der Waals surface area contributed by atoms with Gasteiger partial charge in [-0.2, -0.15) is 0 Å². The van der Waals surface area contributed by atoms with Crippen molar-refractivity contribution in [1.29, 1.82) is 0 Å². The Labute approximate surface area is 176 Å². The van der Waals surface area contributed by atoms with E-state index < -0.39 is 0 Å². The van der Waals surface area contributed by atoms with Crippen molar-refractivity contribution in [2.75, 3.05) is 19.0 Å². The van der Waals surface area contributed by atoms with Crippen LogP contribution < -0.4 is 4.74 Å². The van der Waals surface area contributed by atoms with Crippen LogP contribution in [0.5, 0.6) is 5.75 Å². The summed E-state index contributed by atoms with van der Waals surface area (Å²) < 4.78 is 12.7. The van der Waals surface area contributed by atoms with Gasteiger partial charge in [-0.3, -0.25) is 9.20 Å². The molecule has 4 rings (SSSR count). The molecule has 29 heavy (non-hydrogen) atoms. The predicted octanol–water partition coefficient (Wildman–Crippen LogP) is 4.56. The van der Waals surface area contributed by atoms with Crippen LogP contribution in [0.1, 0.15) is 5.56 Å². The van der Waals surface area contributed by atoms with Crippen molar-refractivity contribution in [3.05, 3.63) is 65.2 Å². The van der Waals surface area contributed by atoms with Crippen molar-refractivity contribution in [2.24, 2.45) is 0 Å². The zero-order chi connectivity index (χ0) is 20.2. The van der Waals surface area contributed by atoms with Gasteiger partial charge in [-0.15, -0.1) is 10.2 Å². The van der Waals surface area contributed by atoms with Gasteiger partial charge in [0.1, 0.15) is 19.0 Å². The molecular weight excluding hydrogens is 410 g/mol. The van der Waals surface area contributed by atoms with Gasteiger partial charge in [0.05, 0.1) is 11.3 Å². The van der Waals surface area contributed by atoms with Crippen LogP contribution in [-0.2, 0) is 9.53 Å². The molecule has 8 heteroatoms. The number of carbonyl (C=O) groups excluding carboxylic acids is 1. The number of ether oxygens (including phenoxy) is 2. The van der Waals surface area contributed by atoms with E-state index in [1.165, 1.54) is 11.8 Å². The predicted molar refractivity (Wildman–Crippen MR) is 114 cm³/mol. The summed E-state index contributed by atoms with van der Waals surface area (Å²) in [5, 5.41) is 10.8. The van der Waals surface area contributed by atoms with E-state index >= 15 is 0 Å². The second-order valence-electron chi connectivity index (χ2n) is 6.34. The van der Waals surface area contributed by atoms with Crippen molar-refractivity contribution >= 4 is 45.9 Å². The van der Waals surface area contributed by atoms with Gasteiger partial charge in [0.2, 0.25) is 0 Å². The highest BCUT2D eigenvalue weighted by Crippen LogP contribution is 2.27. The minimum atomic E-state index is -0.331. The average Bonchev–Trinajstić information content (AvgIpc) is 3.13. The summed E-state index contributed by atoms with van der Waals surface area (Å²) in [6.45, 7) is 2.50. The van der Waals surface area contributed by atoms with E-state index in [0.717, 1.165) is 27.9 Å². The van der Waals surface area contributed by atoms with Crippen LogP contribution in [0.2, 0.25) is 5.02 Å². The molecule has 0 aliphatic rings. The normalized spacial score (nSPS) is 11.1. The zero-order valence-electron chi connectivity index (χ0n) is 15.7. The number of nitrogens with zero attached hydrogens (tertiary/aromatic N) is 3. The Morgan fingerprint density at radius 2 is 1.93 bits per heavy atom. The lowest BCUT2D eigenvalue weighted by Gasteiger charge is -2.08. The molecule has 4 aromatic rings. The lowest BCUT2D eigenvalue weighted by molar-refractivity contribution is -0.141. The molecule has 0 aliphatic carbocycles. The monoisotopic (exact) mass is 427 g/mol. The summed E-state index contributed by atoms with van der Waals surface area (Å²) in [5.41, 5.74) is 2.74. The van der Waals surface area contributed by atoms with Crippen LogP contribution >= 0.6 is 23.4 Å². The van der Waals surface area contributed by atoms with Gasteiger partial charge in [0.25, 0.3) is 0 Å². The molecule has 0 saturated heterocycles. The van der Waals surface area contributed by atoms with Crippen LogP contribution in [0.3, 0.4) is 0 Å². The highest BCUT2D eigenvalue weighted by atomic mass is 35.5. The Bertz CT molecular complexity index is 1160. The fourth-order valence-corrected chi connectivity index (χ4v) is 3.90. The van der Waals surface area contributed by atoms with E-state index in [9.17, 15) is 4.79 Å². The van der Waals surface area contributed by atoms with Crippen molar-refractivity contribution in [2.45, 2.75) is 12.1 Å². The van der Waals surface area contributed by atoms with Gasteiger partial charge in [-0.05, 0) is 48.9 Å². The number of hydrogen-bond acceptors (Lipinski definition) is 6. The maximum Gasteiger partial charge on any atom is 0.316 e. The van der Waals surface area contributed by atoms with E-state index in [2.05, 4.69) is 10.2 Å². The topological polar surface area (TPSA) is 65.7 Å². The Kier molecular flexibility index (Phi) is 5.87.